The monoisotopic (exact) mass is 255 g/mol. The zero-order chi connectivity index (χ0) is 13.4. The van der Waals surface area contributed by atoms with Crippen molar-refractivity contribution in [2.75, 3.05) is 6.54 Å². The second-order valence-electron chi connectivity index (χ2n) is 5.21. The second-order valence-corrected chi connectivity index (χ2v) is 5.21. The van der Waals surface area contributed by atoms with Crippen molar-refractivity contribution in [3.8, 4) is 11.3 Å². The van der Waals surface area contributed by atoms with Crippen LogP contribution < -0.4 is 5.32 Å². The number of hydrogen-bond acceptors (Lipinski definition) is 2. The number of carbonyl (C=O) groups excluding carboxylic acids is 1. The van der Waals surface area contributed by atoms with E-state index in [9.17, 15) is 4.79 Å². The molecular weight excluding hydrogens is 238 g/mol. The number of rotatable bonds is 2. The Morgan fingerprint density at radius 3 is 2.89 bits per heavy atom. The lowest BCUT2D eigenvalue weighted by atomic mass is 10.0. The molecule has 1 aromatic heterocycles. The van der Waals surface area contributed by atoms with Gasteiger partial charge in [-0.15, -0.1) is 0 Å². The maximum Gasteiger partial charge on any atom is 0.220 e. The van der Waals surface area contributed by atoms with Crippen LogP contribution in [0.5, 0.6) is 0 Å². The molecule has 2 heterocycles. The zero-order valence-corrected chi connectivity index (χ0v) is 11.2. The smallest absolute Gasteiger partial charge is 0.220 e. The highest BCUT2D eigenvalue weighted by Crippen LogP contribution is 2.26. The van der Waals surface area contributed by atoms with Crippen molar-refractivity contribution in [3.63, 3.8) is 0 Å². The molecule has 1 aromatic carbocycles. The van der Waals surface area contributed by atoms with E-state index in [0.717, 1.165) is 11.5 Å². The molecule has 2 aromatic rings. The van der Waals surface area contributed by atoms with Gasteiger partial charge in [0.15, 0.2) is 0 Å². The summed E-state index contributed by atoms with van der Waals surface area (Å²) in [6.45, 7) is 4.86. The van der Waals surface area contributed by atoms with Crippen molar-refractivity contribution < 1.29 is 4.79 Å². The van der Waals surface area contributed by atoms with Crippen molar-refractivity contribution in [1.29, 1.82) is 0 Å². The Morgan fingerprint density at radius 2 is 2.16 bits per heavy atom. The Bertz CT molecular complexity index is 630. The number of carbonyl (C=O) groups is 1. The number of nitrogens with zero attached hydrogens (tertiary/aromatic N) is 1. The molecule has 2 N–H and O–H groups in total. The van der Waals surface area contributed by atoms with Gasteiger partial charge in [0.1, 0.15) is 5.82 Å². The average Bonchev–Trinajstić information content (AvgIpc) is 3.00. The fourth-order valence-electron chi connectivity index (χ4n) is 2.51. The van der Waals surface area contributed by atoms with Gasteiger partial charge in [-0.05, 0) is 25.5 Å². The molecule has 0 bridgehead atoms. The maximum atomic E-state index is 11.2. The molecule has 1 aliphatic rings. The average molecular weight is 255 g/mol. The summed E-state index contributed by atoms with van der Waals surface area (Å²) in [7, 11) is 0. The number of aryl methyl sites for hydroxylation is 2. The predicted octanol–water partition coefficient (Wildman–Crippen LogP) is 2.30. The van der Waals surface area contributed by atoms with Crippen LogP contribution >= 0.6 is 0 Å². The number of benzene rings is 1. The largest absolute Gasteiger partial charge is 0.355 e. The van der Waals surface area contributed by atoms with E-state index in [1.807, 2.05) is 6.20 Å². The van der Waals surface area contributed by atoms with Gasteiger partial charge in [-0.1, -0.05) is 17.7 Å². The van der Waals surface area contributed by atoms with E-state index >= 15 is 0 Å². The lowest BCUT2D eigenvalue weighted by molar-refractivity contribution is -0.119. The first-order valence-corrected chi connectivity index (χ1v) is 6.52. The summed E-state index contributed by atoms with van der Waals surface area (Å²) in [6, 6.07) is 6.38. The van der Waals surface area contributed by atoms with Gasteiger partial charge < -0.3 is 10.3 Å². The molecular formula is C15H17N3O. The highest BCUT2D eigenvalue weighted by atomic mass is 16.1. The summed E-state index contributed by atoms with van der Waals surface area (Å²) in [6.07, 6.45) is 2.39. The molecule has 1 aliphatic heterocycles. The first-order valence-electron chi connectivity index (χ1n) is 6.52. The normalized spacial score (nSPS) is 18.6. The summed E-state index contributed by atoms with van der Waals surface area (Å²) < 4.78 is 0. The molecule has 3 rings (SSSR count). The Hall–Kier alpha value is -2.10. The molecule has 0 saturated carbocycles. The molecule has 19 heavy (non-hydrogen) atoms. The van der Waals surface area contributed by atoms with Crippen LogP contribution in [-0.4, -0.2) is 22.4 Å². The Morgan fingerprint density at radius 1 is 1.32 bits per heavy atom. The van der Waals surface area contributed by atoms with Crippen LogP contribution in [0.4, 0.5) is 0 Å². The topological polar surface area (TPSA) is 57.8 Å². The molecule has 0 spiro atoms. The molecule has 0 radical (unpaired) electrons. The van der Waals surface area contributed by atoms with Crippen molar-refractivity contribution in [2.45, 2.75) is 26.2 Å². The van der Waals surface area contributed by atoms with E-state index in [4.69, 9.17) is 0 Å². The Kier molecular flexibility index (Phi) is 2.85. The van der Waals surface area contributed by atoms with E-state index < -0.39 is 0 Å². The highest BCUT2D eigenvalue weighted by molar-refractivity contribution is 5.79. The summed E-state index contributed by atoms with van der Waals surface area (Å²) in [5.41, 5.74) is 4.66. The third-order valence-corrected chi connectivity index (χ3v) is 3.64. The van der Waals surface area contributed by atoms with Crippen molar-refractivity contribution in [1.82, 2.24) is 15.3 Å². The second kappa shape index (κ2) is 4.53. The zero-order valence-electron chi connectivity index (χ0n) is 11.2. The molecule has 0 unspecified atom stereocenters. The minimum atomic E-state index is 0.106. The van der Waals surface area contributed by atoms with Crippen LogP contribution in [0.1, 0.15) is 29.3 Å². The molecule has 98 valence electrons. The lowest BCUT2D eigenvalue weighted by Crippen LogP contribution is -2.13. The first kappa shape index (κ1) is 12.0. The lowest BCUT2D eigenvalue weighted by Gasteiger charge is -2.05. The fourth-order valence-corrected chi connectivity index (χ4v) is 2.51. The Labute approximate surface area is 112 Å². The predicted molar refractivity (Wildman–Crippen MR) is 73.9 cm³/mol. The van der Waals surface area contributed by atoms with Crippen molar-refractivity contribution >= 4 is 5.91 Å². The molecule has 1 amide bonds. The van der Waals surface area contributed by atoms with Gasteiger partial charge in [-0.3, -0.25) is 4.79 Å². The number of aromatic nitrogens is 2. The highest BCUT2D eigenvalue weighted by Gasteiger charge is 2.25. The Balaban J connectivity index is 1.92. The molecule has 4 heteroatoms. The summed E-state index contributed by atoms with van der Waals surface area (Å²) >= 11 is 0. The maximum absolute atomic E-state index is 11.2. The van der Waals surface area contributed by atoms with Crippen LogP contribution in [-0.2, 0) is 4.79 Å². The SMILES string of the molecule is Cc1ccc(C)c(-c2cnc([C@@H]3CNC(=O)C3)[nH]2)c1. The van der Waals surface area contributed by atoms with Gasteiger partial charge >= 0.3 is 0 Å². The number of H-pyrrole nitrogens is 1. The van der Waals surface area contributed by atoms with E-state index in [0.29, 0.717) is 13.0 Å². The third-order valence-electron chi connectivity index (χ3n) is 3.64. The van der Waals surface area contributed by atoms with Crippen LogP contribution in [0.15, 0.2) is 24.4 Å². The minimum absolute atomic E-state index is 0.106. The fraction of sp³-hybridized carbons (Fsp3) is 0.333. The van der Waals surface area contributed by atoms with Gasteiger partial charge in [0.2, 0.25) is 5.91 Å². The van der Waals surface area contributed by atoms with E-state index in [-0.39, 0.29) is 11.8 Å². The van der Waals surface area contributed by atoms with Gasteiger partial charge in [0.25, 0.3) is 0 Å². The van der Waals surface area contributed by atoms with Gasteiger partial charge in [-0.25, -0.2) is 4.98 Å². The molecule has 1 fully saturated rings. The standard InChI is InChI=1S/C15H17N3O/c1-9-3-4-10(2)12(5-9)13-8-17-15(18-13)11-6-14(19)16-7-11/h3-5,8,11H,6-7H2,1-2H3,(H,16,19)(H,17,18)/t11-/m0/s1. The van der Waals surface area contributed by atoms with Crippen molar-refractivity contribution in [3.05, 3.63) is 41.3 Å². The number of amides is 1. The number of aromatic amines is 1. The van der Waals surface area contributed by atoms with Gasteiger partial charge in [-0.2, -0.15) is 0 Å². The third kappa shape index (κ3) is 2.26. The first-order chi connectivity index (χ1) is 9.13. The summed E-state index contributed by atoms with van der Waals surface area (Å²) in [5.74, 6) is 1.18. The van der Waals surface area contributed by atoms with Gasteiger partial charge in [0, 0.05) is 24.4 Å². The van der Waals surface area contributed by atoms with Crippen molar-refractivity contribution in [2.24, 2.45) is 0 Å². The van der Waals surface area contributed by atoms with Gasteiger partial charge in [0.05, 0.1) is 11.9 Å². The summed E-state index contributed by atoms with van der Waals surface area (Å²) in [5, 5.41) is 2.84. The number of hydrogen-bond donors (Lipinski definition) is 2. The summed E-state index contributed by atoms with van der Waals surface area (Å²) in [4.78, 5) is 19.0. The molecule has 4 nitrogen and oxygen atoms in total. The van der Waals surface area contributed by atoms with E-state index in [1.54, 1.807) is 0 Å². The van der Waals surface area contributed by atoms with E-state index in [2.05, 4.69) is 47.3 Å². The van der Waals surface area contributed by atoms with Crippen LogP contribution in [0.25, 0.3) is 11.3 Å². The van der Waals surface area contributed by atoms with E-state index in [1.165, 1.54) is 16.7 Å². The quantitative estimate of drug-likeness (QED) is 0.865. The van der Waals surface area contributed by atoms with Crippen LogP contribution in [0.2, 0.25) is 0 Å². The molecule has 1 atom stereocenters. The molecule has 0 aliphatic carbocycles. The number of nitrogens with one attached hydrogen (secondary N) is 2. The van der Waals surface area contributed by atoms with Crippen LogP contribution in [0.3, 0.4) is 0 Å². The molecule has 1 saturated heterocycles. The minimum Gasteiger partial charge on any atom is -0.355 e. The van der Waals surface area contributed by atoms with Crippen LogP contribution in [0, 0.1) is 13.8 Å². The number of imidazole rings is 1.